The molecule has 0 aliphatic heterocycles. The molecule has 156 valence electrons. The zero-order chi connectivity index (χ0) is 21.4. The number of carbonyl (C=O) groups is 2. The summed E-state index contributed by atoms with van der Waals surface area (Å²) in [5.74, 6) is 0.100. The van der Waals surface area contributed by atoms with Crippen molar-refractivity contribution >= 4 is 35.0 Å². The van der Waals surface area contributed by atoms with Crippen molar-refractivity contribution in [2.24, 2.45) is 0 Å². The predicted octanol–water partition coefficient (Wildman–Crippen LogP) is 4.62. The van der Waals surface area contributed by atoms with Gasteiger partial charge in [0.05, 0.1) is 10.0 Å². The molecule has 0 fully saturated rings. The highest BCUT2D eigenvalue weighted by Crippen LogP contribution is 2.24. The van der Waals surface area contributed by atoms with Crippen LogP contribution in [0.5, 0.6) is 5.75 Å². The summed E-state index contributed by atoms with van der Waals surface area (Å²) in [4.78, 5) is 26.9. The van der Waals surface area contributed by atoms with Crippen molar-refractivity contribution in [3.63, 3.8) is 0 Å². The summed E-state index contributed by atoms with van der Waals surface area (Å²) in [7, 11) is 0. The van der Waals surface area contributed by atoms with E-state index in [9.17, 15) is 9.59 Å². The Balaban J connectivity index is 2.16. The fourth-order valence-corrected chi connectivity index (χ4v) is 3.07. The topological polar surface area (TPSA) is 58.6 Å². The van der Waals surface area contributed by atoms with Gasteiger partial charge in [-0.3, -0.25) is 9.59 Å². The number of nitrogens with one attached hydrogen (secondary N) is 1. The first-order valence-corrected chi connectivity index (χ1v) is 10.3. The summed E-state index contributed by atoms with van der Waals surface area (Å²) >= 11 is 12.1. The van der Waals surface area contributed by atoms with Gasteiger partial charge in [-0.25, -0.2) is 0 Å². The van der Waals surface area contributed by atoms with E-state index >= 15 is 0 Å². The van der Waals surface area contributed by atoms with Gasteiger partial charge in [-0.1, -0.05) is 48.3 Å². The monoisotopic (exact) mass is 436 g/mol. The highest BCUT2D eigenvalue weighted by Gasteiger charge is 2.26. The number of nitrogens with zero attached hydrogens (tertiary/aromatic N) is 1. The molecule has 0 aliphatic carbocycles. The van der Waals surface area contributed by atoms with Crippen molar-refractivity contribution < 1.29 is 14.3 Å². The minimum Gasteiger partial charge on any atom is -0.484 e. The molecule has 2 aromatic rings. The molecule has 0 bridgehead atoms. The van der Waals surface area contributed by atoms with Crippen molar-refractivity contribution in [1.82, 2.24) is 10.2 Å². The van der Waals surface area contributed by atoms with Gasteiger partial charge in [0.1, 0.15) is 11.8 Å². The predicted molar refractivity (Wildman–Crippen MR) is 116 cm³/mol. The smallest absolute Gasteiger partial charge is 0.261 e. The molecule has 0 saturated heterocycles. The number of carbonyl (C=O) groups excluding carboxylic acids is 2. The average molecular weight is 437 g/mol. The van der Waals surface area contributed by atoms with Crippen LogP contribution in [0.2, 0.25) is 10.0 Å². The van der Waals surface area contributed by atoms with Crippen LogP contribution in [0.15, 0.2) is 42.5 Å². The quantitative estimate of drug-likeness (QED) is 0.623. The fraction of sp³-hybridized carbons (Fsp3) is 0.364. The second-order valence-electron chi connectivity index (χ2n) is 6.84. The van der Waals surface area contributed by atoms with Gasteiger partial charge in [-0.05, 0) is 55.7 Å². The van der Waals surface area contributed by atoms with Gasteiger partial charge in [0, 0.05) is 13.1 Å². The summed E-state index contributed by atoms with van der Waals surface area (Å²) in [6.45, 7) is 6.22. The highest BCUT2D eigenvalue weighted by atomic mass is 35.5. The molecule has 7 heteroatoms. The first-order chi connectivity index (χ1) is 13.8. The number of hydrogen-bond donors (Lipinski definition) is 1. The second-order valence-corrected chi connectivity index (χ2v) is 7.66. The highest BCUT2D eigenvalue weighted by molar-refractivity contribution is 6.42. The van der Waals surface area contributed by atoms with Crippen LogP contribution in [0, 0.1) is 6.92 Å². The lowest BCUT2D eigenvalue weighted by Crippen LogP contribution is -2.49. The van der Waals surface area contributed by atoms with E-state index in [0.29, 0.717) is 22.3 Å². The normalized spacial score (nSPS) is 11.6. The molecule has 0 heterocycles. The number of amides is 2. The Hall–Kier alpha value is -2.24. The Kier molecular flexibility index (Phi) is 8.80. The summed E-state index contributed by atoms with van der Waals surface area (Å²) in [5, 5.41) is 3.67. The van der Waals surface area contributed by atoms with Crippen LogP contribution >= 0.6 is 23.2 Å². The molecule has 2 rings (SSSR count). The first kappa shape index (κ1) is 23.0. The zero-order valence-corrected chi connectivity index (χ0v) is 18.4. The van der Waals surface area contributed by atoms with Gasteiger partial charge < -0.3 is 15.0 Å². The van der Waals surface area contributed by atoms with Crippen molar-refractivity contribution in [3.05, 3.63) is 63.6 Å². The SMILES string of the molecule is CCCNC(=O)[C@@H](C)N(Cc1ccc(Cl)c(Cl)c1)C(=O)COc1cccc(C)c1. The zero-order valence-electron chi connectivity index (χ0n) is 16.9. The number of rotatable bonds is 9. The number of halogens is 2. The molecule has 29 heavy (non-hydrogen) atoms. The van der Waals surface area contributed by atoms with Crippen LogP contribution in [0.3, 0.4) is 0 Å². The Labute approximate surface area is 181 Å². The lowest BCUT2D eigenvalue weighted by molar-refractivity contribution is -0.142. The Morgan fingerprint density at radius 3 is 2.55 bits per heavy atom. The number of hydrogen-bond acceptors (Lipinski definition) is 3. The average Bonchev–Trinajstić information content (AvgIpc) is 2.70. The molecule has 0 spiro atoms. The molecule has 0 aliphatic rings. The standard InChI is InChI=1S/C22H26Cl2N2O3/c1-4-10-25-22(28)16(3)26(13-17-8-9-19(23)20(24)12-17)21(27)14-29-18-7-5-6-15(2)11-18/h5-9,11-12,16H,4,10,13-14H2,1-3H3,(H,25,28)/t16-/m1/s1. The lowest BCUT2D eigenvalue weighted by Gasteiger charge is -2.29. The fourth-order valence-electron chi connectivity index (χ4n) is 2.75. The summed E-state index contributed by atoms with van der Waals surface area (Å²) in [5.41, 5.74) is 1.81. The third-order valence-electron chi connectivity index (χ3n) is 4.41. The van der Waals surface area contributed by atoms with Crippen molar-refractivity contribution in [1.29, 1.82) is 0 Å². The van der Waals surface area contributed by atoms with Gasteiger partial charge >= 0.3 is 0 Å². The maximum atomic E-state index is 12.9. The van der Waals surface area contributed by atoms with Crippen LogP contribution in [0.4, 0.5) is 0 Å². The molecule has 0 aromatic heterocycles. The largest absolute Gasteiger partial charge is 0.484 e. The lowest BCUT2D eigenvalue weighted by atomic mass is 10.1. The van der Waals surface area contributed by atoms with Crippen LogP contribution in [0.25, 0.3) is 0 Å². The van der Waals surface area contributed by atoms with Gasteiger partial charge in [0.15, 0.2) is 6.61 Å². The van der Waals surface area contributed by atoms with Crippen LogP contribution < -0.4 is 10.1 Å². The minimum atomic E-state index is -0.662. The Morgan fingerprint density at radius 1 is 1.14 bits per heavy atom. The first-order valence-electron chi connectivity index (χ1n) is 9.52. The Morgan fingerprint density at radius 2 is 1.90 bits per heavy atom. The van der Waals surface area contributed by atoms with E-state index in [1.54, 1.807) is 31.2 Å². The summed E-state index contributed by atoms with van der Waals surface area (Å²) < 4.78 is 5.65. The maximum Gasteiger partial charge on any atom is 0.261 e. The van der Waals surface area contributed by atoms with E-state index in [1.807, 2.05) is 32.0 Å². The van der Waals surface area contributed by atoms with E-state index in [4.69, 9.17) is 27.9 Å². The van der Waals surface area contributed by atoms with E-state index < -0.39 is 6.04 Å². The van der Waals surface area contributed by atoms with Crippen molar-refractivity contribution in [3.8, 4) is 5.75 Å². The summed E-state index contributed by atoms with van der Waals surface area (Å²) in [6, 6.07) is 12.0. The minimum absolute atomic E-state index is 0.170. The molecular weight excluding hydrogens is 411 g/mol. The second kappa shape index (κ2) is 11.1. The molecule has 5 nitrogen and oxygen atoms in total. The van der Waals surface area contributed by atoms with Crippen molar-refractivity contribution in [2.45, 2.75) is 39.8 Å². The van der Waals surface area contributed by atoms with Crippen molar-refractivity contribution in [2.75, 3.05) is 13.2 Å². The van der Waals surface area contributed by atoms with Gasteiger partial charge in [0.25, 0.3) is 5.91 Å². The number of ether oxygens (including phenoxy) is 1. The van der Waals surface area contributed by atoms with Crippen LogP contribution in [-0.4, -0.2) is 35.9 Å². The van der Waals surface area contributed by atoms with Crippen LogP contribution in [0.1, 0.15) is 31.4 Å². The number of aryl methyl sites for hydroxylation is 1. The van der Waals surface area contributed by atoms with E-state index in [-0.39, 0.29) is 25.0 Å². The Bertz CT molecular complexity index is 858. The van der Waals surface area contributed by atoms with Gasteiger partial charge in [0.2, 0.25) is 5.91 Å². The molecule has 0 saturated carbocycles. The third-order valence-corrected chi connectivity index (χ3v) is 5.14. The molecule has 2 aromatic carbocycles. The molecule has 1 N–H and O–H groups in total. The molecular formula is C22H26Cl2N2O3. The van der Waals surface area contributed by atoms with Crippen LogP contribution in [-0.2, 0) is 16.1 Å². The van der Waals surface area contributed by atoms with E-state index in [1.165, 1.54) is 4.90 Å². The maximum absolute atomic E-state index is 12.9. The molecule has 1 atom stereocenters. The van der Waals surface area contributed by atoms with E-state index in [2.05, 4.69) is 5.32 Å². The van der Waals surface area contributed by atoms with Gasteiger partial charge in [-0.2, -0.15) is 0 Å². The van der Waals surface area contributed by atoms with Gasteiger partial charge in [-0.15, -0.1) is 0 Å². The van der Waals surface area contributed by atoms with E-state index in [0.717, 1.165) is 17.5 Å². The molecule has 2 amide bonds. The number of benzene rings is 2. The molecule has 0 unspecified atom stereocenters. The third kappa shape index (κ3) is 6.94. The molecule has 0 radical (unpaired) electrons. The summed E-state index contributed by atoms with van der Waals surface area (Å²) in [6.07, 6.45) is 0.815.